The Bertz CT molecular complexity index is 742. The molecular formula is C13H23ClFN3O4S2. The standard InChI is InChI=1S/C13H22FN3O4S2.ClH/c1-3-4-5-10(9-15)16-23(20,21)11-6-7-13(12(14)8-11)17-22(2,18)19;/h6-8,10,16-17H,3-5,9,15H2,1-2H3;1H. The molecule has 0 spiro atoms. The molecule has 0 aliphatic heterocycles. The van der Waals surface area contributed by atoms with Gasteiger partial charge in [0.2, 0.25) is 20.0 Å². The molecule has 0 bridgehead atoms. The number of halogens is 2. The van der Waals surface area contributed by atoms with E-state index in [4.69, 9.17) is 5.73 Å². The van der Waals surface area contributed by atoms with Crippen LogP contribution in [0.25, 0.3) is 0 Å². The molecule has 140 valence electrons. The lowest BCUT2D eigenvalue weighted by Gasteiger charge is -2.17. The number of hydrogen-bond acceptors (Lipinski definition) is 5. The highest BCUT2D eigenvalue weighted by Gasteiger charge is 2.21. The van der Waals surface area contributed by atoms with E-state index in [-0.39, 0.29) is 29.5 Å². The average molecular weight is 404 g/mol. The first kappa shape index (κ1) is 23.1. The van der Waals surface area contributed by atoms with Gasteiger partial charge in [-0.25, -0.2) is 25.9 Å². The van der Waals surface area contributed by atoms with Gasteiger partial charge in [0.1, 0.15) is 5.82 Å². The second kappa shape index (κ2) is 9.52. The van der Waals surface area contributed by atoms with Gasteiger partial charge >= 0.3 is 0 Å². The maximum Gasteiger partial charge on any atom is 0.240 e. The molecule has 0 saturated heterocycles. The summed E-state index contributed by atoms with van der Waals surface area (Å²) in [5.74, 6) is -0.976. The van der Waals surface area contributed by atoms with Gasteiger partial charge in [0.15, 0.2) is 0 Å². The number of hydrogen-bond donors (Lipinski definition) is 3. The van der Waals surface area contributed by atoms with Crippen molar-refractivity contribution >= 4 is 38.1 Å². The Hall–Kier alpha value is -0.940. The zero-order valence-corrected chi connectivity index (χ0v) is 15.9. The highest BCUT2D eigenvalue weighted by atomic mass is 35.5. The van der Waals surface area contributed by atoms with Gasteiger partial charge in [0.05, 0.1) is 16.8 Å². The Labute approximate surface area is 148 Å². The zero-order valence-electron chi connectivity index (χ0n) is 13.5. The van der Waals surface area contributed by atoms with Crippen molar-refractivity contribution in [2.24, 2.45) is 5.73 Å². The van der Waals surface area contributed by atoms with Crippen molar-refractivity contribution in [3.63, 3.8) is 0 Å². The lowest BCUT2D eigenvalue weighted by Crippen LogP contribution is -2.40. The lowest BCUT2D eigenvalue weighted by atomic mass is 10.1. The van der Waals surface area contributed by atoms with Gasteiger partial charge in [0.25, 0.3) is 0 Å². The molecular weight excluding hydrogens is 381 g/mol. The molecule has 0 aromatic heterocycles. The van der Waals surface area contributed by atoms with Crippen molar-refractivity contribution in [3.05, 3.63) is 24.0 Å². The topological polar surface area (TPSA) is 118 Å². The van der Waals surface area contributed by atoms with Crippen LogP contribution in [0.4, 0.5) is 10.1 Å². The summed E-state index contributed by atoms with van der Waals surface area (Å²) in [6.45, 7) is 2.11. The van der Waals surface area contributed by atoms with Crippen molar-refractivity contribution in [3.8, 4) is 0 Å². The van der Waals surface area contributed by atoms with E-state index in [1.807, 2.05) is 11.6 Å². The van der Waals surface area contributed by atoms with E-state index in [1.165, 1.54) is 0 Å². The summed E-state index contributed by atoms with van der Waals surface area (Å²) < 4.78 is 65.0. The molecule has 1 atom stereocenters. The Balaban J connectivity index is 0.00000529. The third-order valence-electron chi connectivity index (χ3n) is 3.06. The Morgan fingerprint density at radius 3 is 2.33 bits per heavy atom. The smallest absolute Gasteiger partial charge is 0.240 e. The molecule has 0 radical (unpaired) electrons. The van der Waals surface area contributed by atoms with Crippen LogP contribution in [0.2, 0.25) is 0 Å². The zero-order chi connectivity index (χ0) is 17.7. The van der Waals surface area contributed by atoms with Gasteiger partial charge < -0.3 is 5.73 Å². The molecule has 0 fully saturated rings. The van der Waals surface area contributed by atoms with E-state index in [2.05, 4.69) is 4.72 Å². The van der Waals surface area contributed by atoms with E-state index in [0.29, 0.717) is 6.42 Å². The third kappa shape index (κ3) is 7.31. The second-order valence-corrected chi connectivity index (χ2v) is 8.67. The summed E-state index contributed by atoms with van der Waals surface area (Å²) >= 11 is 0. The van der Waals surface area contributed by atoms with Crippen LogP contribution in [0.5, 0.6) is 0 Å². The quantitative estimate of drug-likeness (QED) is 0.576. The van der Waals surface area contributed by atoms with Crippen molar-refractivity contribution in [2.75, 3.05) is 17.5 Å². The number of benzene rings is 1. The second-order valence-electron chi connectivity index (χ2n) is 5.21. The minimum atomic E-state index is -3.93. The van der Waals surface area contributed by atoms with Gasteiger partial charge in [-0.3, -0.25) is 4.72 Å². The van der Waals surface area contributed by atoms with E-state index < -0.39 is 31.9 Å². The summed E-state index contributed by atoms with van der Waals surface area (Å²) in [4.78, 5) is -0.288. The molecule has 1 aromatic carbocycles. The first-order valence-electron chi connectivity index (χ1n) is 7.08. The van der Waals surface area contributed by atoms with Crippen LogP contribution in [0.3, 0.4) is 0 Å². The normalized spacial score (nSPS) is 13.2. The summed E-state index contributed by atoms with van der Waals surface area (Å²) in [5.41, 5.74) is 5.23. The number of nitrogens with two attached hydrogens (primary N) is 1. The first-order valence-corrected chi connectivity index (χ1v) is 10.5. The van der Waals surface area contributed by atoms with Crippen molar-refractivity contribution in [2.45, 2.75) is 37.1 Å². The average Bonchev–Trinajstić information content (AvgIpc) is 2.44. The van der Waals surface area contributed by atoms with Crippen LogP contribution >= 0.6 is 12.4 Å². The molecule has 24 heavy (non-hydrogen) atoms. The third-order valence-corrected chi connectivity index (χ3v) is 5.17. The fourth-order valence-electron chi connectivity index (χ4n) is 1.91. The largest absolute Gasteiger partial charge is 0.329 e. The van der Waals surface area contributed by atoms with Crippen LogP contribution in [-0.2, 0) is 20.0 Å². The Kier molecular flexibility index (Phi) is 9.15. The fraction of sp³-hybridized carbons (Fsp3) is 0.538. The van der Waals surface area contributed by atoms with Crippen molar-refractivity contribution in [1.29, 1.82) is 0 Å². The summed E-state index contributed by atoms with van der Waals surface area (Å²) in [6.07, 6.45) is 3.18. The van der Waals surface area contributed by atoms with Crippen LogP contribution in [0.15, 0.2) is 23.1 Å². The fourth-order valence-corrected chi connectivity index (χ4v) is 3.77. The molecule has 0 amide bonds. The van der Waals surface area contributed by atoms with E-state index in [0.717, 1.165) is 37.3 Å². The molecule has 0 aliphatic carbocycles. The number of sulfonamides is 2. The molecule has 0 aliphatic rings. The van der Waals surface area contributed by atoms with Gasteiger partial charge in [0, 0.05) is 12.6 Å². The maximum atomic E-state index is 13.9. The van der Waals surface area contributed by atoms with Gasteiger partial charge in [-0.15, -0.1) is 12.4 Å². The van der Waals surface area contributed by atoms with Crippen molar-refractivity contribution < 1.29 is 21.2 Å². The van der Waals surface area contributed by atoms with E-state index in [1.54, 1.807) is 0 Å². The van der Waals surface area contributed by atoms with Gasteiger partial charge in [-0.05, 0) is 24.6 Å². The number of unbranched alkanes of at least 4 members (excludes halogenated alkanes) is 1. The first-order chi connectivity index (χ1) is 10.6. The van der Waals surface area contributed by atoms with Crippen LogP contribution in [0.1, 0.15) is 26.2 Å². The molecule has 0 saturated carbocycles. The van der Waals surface area contributed by atoms with E-state index in [9.17, 15) is 21.2 Å². The molecule has 11 heteroatoms. The number of anilines is 1. The highest BCUT2D eigenvalue weighted by molar-refractivity contribution is 7.92. The number of nitrogens with one attached hydrogen (secondary N) is 2. The van der Waals surface area contributed by atoms with Crippen LogP contribution < -0.4 is 15.2 Å². The highest BCUT2D eigenvalue weighted by Crippen LogP contribution is 2.20. The minimum Gasteiger partial charge on any atom is -0.329 e. The Morgan fingerprint density at radius 2 is 1.88 bits per heavy atom. The Morgan fingerprint density at radius 1 is 1.25 bits per heavy atom. The molecule has 1 rings (SSSR count). The molecule has 0 heterocycles. The molecule has 1 unspecified atom stereocenters. The summed E-state index contributed by atoms with van der Waals surface area (Å²) in [6, 6.07) is 2.53. The molecule has 1 aromatic rings. The van der Waals surface area contributed by atoms with Gasteiger partial charge in [-0.1, -0.05) is 19.8 Å². The summed E-state index contributed by atoms with van der Waals surface area (Å²) in [5, 5.41) is 0. The maximum absolute atomic E-state index is 13.9. The molecule has 4 N–H and O–H groups in total. The predicted molar refractivity (Wildman–Crippen MR) is 94.8 cm³/mol. The van der Waals surface area contributed by atoms with Crippen molar-refractivity contribution in [1.82, 2.24) is 4.72 Å². The minimum absolute atomic E-state index is 0. The SMILES string of the molecule is CCCCC(CN)NS(=O)(=O)c1ccc(NS(C)(=O)=O)c(F)c1.Cl. The van der Waals surface area contributed by atoms with Crippen LogP contribution in [0, 0.1) is 5.82 Å². The molecule has 7 nitrogen and oxygen atoms in total. The summed E-state index contributed by atoms with van der Waals surface area (Å²) in [7, 11) is -7.59. The predicted octanol–water partition coefficient (Wildman–Crippen LogP) is 1.41. The van der Waals surface area contributed by atoms with E-state index >= 15 is 0 Å². The monoisotopic (exact) mass is 403 g/mol. The van der Waals surface area contributed by atoms with Crippen LogP contribution in [-0.4, -0.2) is 35.7 Å². The van der Waals surface area contributed by atoms with Gasteiger partial charge in [-0.2, -0.15) is 0 Å². The lowest BCUT2D eigenvalue weighted by molar-refractivity contribution is 0.515. The number of rotatable bonds is 9.